The van der Waals surface area contributed by atoms with Gasteiger partial charge in [0.05, 0.1) is 4.47 Å². The zero-order chi connectivity index (χ0) is 11.3. The summed E-state index contributed by atoms with van der Waals surface area (Å²) in [5.74, 6) is -0.222. The Morgan fingerprint density at radius 1 is 1.53 bits per heavy atom. The highest BCUT2D eigenvalue weighted by atomic mass is 79.9. The fraction of sp³-hybridized carbons (Fsp3) is 0.455. The summed E-state index contributed by atoms with van der Waals surface area (Å²) in [6.45, 7) is 3.39. The van der Waals surface area contributed by atoms with Gasteiger partial charge in [-0.1, -0.05) is 12.1 Å². The summed E-state index contributed by atoms with van der Waals surface area (Å²) in [5.41, 5.74) is 6.37. The first-order valence-corrected chi connectivity index (χ1v) is 5.80. The zero-order valence-electron chi connectivity index (χ0n) is 8.76. The first kappa shape index (κ1) is 12.6. The summed E-state index contributed by atoms with van der Waals surface area (Å²) in [5, 5.41) is 3.29. The molecule has 0 fully saturated rings. The van der Waals surface area contributed by atoms with Gasteiger partial charge < -0.3 is 11.1 Å². The quantitative estimate of drug-likeness (QED) is 0.866. The van der Waals surface area contributed by atoms with Crippen molar-refractivity contribution in [3.05, 3.63) is 34.1 Å². The van der Waals surface area contributed by atoms with Crippen LogP contribution in [-0.4, -0.2) is 12.6 Å². The smallest absolute Gasteiger partial charge is 0.137 e. The van der Waals surface area contributed by atoms with Gasteiger partial charge in [-0.25, -0.2) is 4.39 Å². The molecule has 0 heterocycles. The molecule has 0 aliphatic heterocycles. The molecule has 1 aromatic rings. The van der Waals surface area contributed by atoms with Crippen LogP contribution in [0, 0.1) is 5.82 Å². The van der Waals surface area contributed by atoms with Gasteiger partial charge in [0, 0.05) is 12.6 Å². The Bertz CT molecular complexity index is 317. The lowest BCUT2D eigenvalue weighted by molar-refractivity contribution is 0.517. The standard InChI is InChI=1S/C11H16BrFN2/c1-8(5-6-14)15-7-9-3-2-4-10(13)11(9)12/h2-4,8,15H,5-7,14H2,1H3. The lowest BCUT2D eigenvalue weighted by atomic mass is 10.2. The molecule has 4 heteroatoms. The third kappa shape index (κ3) is 3.89. The van der Waals surface area contributed by atoms with Crippen molar-refractivity contribution >= 4 is 15.9 Å². The zero-order valence-corrected chi connectivity index (χ0v) is 10.3. The van der Waals surface area contributed by atoms with Crippen LogP contribution in [0.25, 0.3) is 0 Å². The first-order valence-electron chi connectivity index (χ1n) is 5.01. The fourth-order valence-corrected chi connectivity index (χ4v) is 1.73. The minimum Gasteiger partial charge on any atom is -0.330 e. The van der Waals surface area contributed by atoms with Gasteiger partial charge in [-0.3, -0.25) is 0 Å². The second-order valence-corrected chi connectivity index (χ2v) is 4.37. The SMILES string of the molecule is CC(CCN)NCc1cccc(F)c1Br. The molecule has 0 aliphatic rings. The molecule has 0 amide bonds. The van der Waals surface area contributed by atoms with Crippen LogP contribution in [0.5, 0.6) is 0 Å². The van der Waals surface area contributed by atoms with Crippen molar-refractivity contribution in [2.24, 2.45) is 5.73 Å². The molecular formula is C11H16BrFN2. The maximum Gasteiger partial charge on any atom is 0.137 e. The highest BCUT2D eigenvalue weighted by Crippen LogP contribution is 2.20. The minimum atomic E-state index is -0.222. The summed E-state index contributed by atoms with van der Waals surface area (Å²) in [7, 11) is 0. The van der Waals surface area contributed by atoms with E-state index in [0.717, 1.165) is 12.0 Å². The number of hydrogen-bond donors (Lipinski definition) is 2. The number of benzene rings is 1. The molecule has 1 atom stereocenters. The van der Waals surface area contributed by atoms with Crippen LogP contribution >= 0.6 is 15.9 Å². The van der Waals surface area contributed by atoms with Crippen molar-refractivity contribution in [3.63, 3.8) is 0 Å². The van der Waals surface area contributed by atoms with Crippen molar-refractivity contribution in [3.8, 4) is 0 Å². The van der Waals surface area contributed by atoms with E-state index in [4.69, 9.17) is 5.73 Å². The van der Waals surface area contributed by atoms with Crippen molar-refractivity contribution in [1.29, 1.82) is 0 Å². The Morgan fingerprint density at radius 3 is 2.93 bits per heavy atom. The third-order valence-corrected chi connectivity index (χ3v) is 3.16. The fourth-order valence-electron chi connectivity index (χ4n) is 1.32. The highest BCUT2D eigenvalue weighted by molar-refractivity contribution is 9.10. The van der Waals surface area contributed by atoms with Gasteiger partial charge in [-0.2, -0.15) is 0 Å². The van der Waals surface area contributed by atoms with Crippen molar-refractivity contribution in [2.45, 2.75) is 25.9 Å². The van der Waals surface area contributed by atoms with E-state index < -0.39 is 0 Å². The van der Waals surface area contributed by atoms with E-state index >= 15 is 0 Å². The first-order chi connectivity index (χ1) is 7.15. The largest absolute Gasteiger partial charge is 0.330 e. The van der Waals surface area contributed by atoms with E-state index in [1.165, 1.54) is 6.07 Å². The molecule has 0 aliphatic carbocycles. The van der Waals surface area contributed by atoms with Crippen molar-refractivity contribution in [2.75, 3.05) is 6.54 Å². The third-order valence-electron chi connectivity index (χ3n) is 2.27. The topological polar surface area (TPSA) is 38.0 Å². The van der Waals surface area contributed by atoms with E-state index in [9.17, 15) is 4.39 Å². The molecule has 0 bridgehead atoms. The van der Waals surface area contributed by atoms with Gasteiger partial charge in [0.25, 0.3) is 0 Å². The summed E-state index contributed by atoms with van der Waals surface area (Å²) in [6.07, 6.45) is 0.924. The average Bonchev–Trinajstić information content (AvgIpc) is 2.21. The molecule has 0 radical (unpaired) electrons. The van der Waals surface area contributed by atoms with E-state index in [0.29, 0.717) is 23.6 Å². The van der Waals surface area contributed by atoms with Crippen LogP contribution in [0.2, 0.25) is 0 Å². The normalized spacial score (nSPS) is 12.8. The van der Waals surface area contributed by atoms with Crippen LogP contribution in [-0.2, 0) is 6.54 Å². The molecule has 15 heavy (non-hydrogen) atoms. The van der Waals surface area contributed by atoms with Crippen LogP contribution in [0.4, 0.5) is 4.39 Å². The molecule has 0 saturated carbocycles. The van der Waals surface area contributed by atoms with Crippen LogP contribution in [0.15, 0.2) is 22.7 Å². The van der Waals surface area contributed by atoms with Gasteiger partial charge in [-0.15, -0.1) is 0 Å². The Hall–Kier alpha value is -0.450. The summed E-state index contributed by atoms with van der Waals surface area (Å²) < 4.78 is 13.7. The molecule has 1 unspecified atom stereocenters. The molecule has 0 aromatic heterocycles. The molecule has 2 nitrogen and oxygen atoms in total. The summed E-state index contributed by atoms with van der Waals surface area (Å²) in [6, 6.07) is 5.40. The summed E-state index contributed by atoms with van der Waals surface area (Å²) in [4.78, 5) is 0. The van der Waals surface area contributed by atoms with Gasteiger partial charge >= 0.3 is 0 Å². The number of nitrogens with two attached hydrogens (primary N) is 1. The minimum absolute atomic E-state index is 0.222. The van der Waals surface area contributed by atoms with E-state index in [1.54, 1.807) is 6.07 Å². The predicted octanol–water partition coefficient (Wildman–Crippen LogP) is 2.42. The van der Waals surface area contributed by atoms with Gasteiger partial charge in [-0.05, 0) is 47.4 Å². The van der Waals surface area contributed by atoms with Gasteiger partial charge in [0.15, 0.2) is 0 Å². The Labute approximate surface area is 98.2 Å². The number of nitrogens with one attached hydrogen (secondary N) is 1. The van der Waals surface area contributed by atoms with E-state index in [1.807, 2.05) is 6.07 Å². The lowest BCUT2D eigenvalue weighted by Gasteiger charge is -2.13. The Morgan fingerprint density at radius 2 is 2.27 bits per heavy atom. The Balaban J connectivity index is 2.54. The van der Waals surface area contributed by atoms with E-state index in [2.05, 4.69) is 28.2 Å². The highest BCUT2D eigenvalue weighted by Gasteiger charge is 2.06. The molecule has 1 aromatic carbocycles. The van der Waals surface area contributed by atoms with Crippen LogP contribution in [0.3, 0.4) is 0 Å². The maximum absolute atomic E-state index is 13.2. The van der Waals surface area contributed by atoms with Crippen molar-refractivity contribution < 1.29 is 4.39 Å². The van der Waals surface area contributed by atoms with Crippen LogP contribution in [0.1, 0.15) is 18.9 Å². The summed E-state index contributed by atoms with van der Waals surface area (Å²) >= 11 is 3.23. The number of rotatable bonds is 5. The molecule has 1 rings (SSSR count). The average molecular weight is 275 g/mol. The second kappa shape index (κ2) is 6.20. The van der Waals surface area contributed by atoms with Gasteiger partial charge in [0.1, 0.15) is 5.82 Å². The lowest BCUT2D eigenvalue weighted by Crippen LogP contribution is -2.28. The molecular weight excluding hydrogens is 259 g/mol. The van der Waals surface area contributed by atoms with Crippen LogP contribution < -0.4 is 11.1 Å². The number of halogens is 2. The monoisotopic (exact) mass is 274 g/mol. The number of hydrogen-bond acceptors (Lipinski definition) is 2. The molecule has 0 saturated heterocycles. The second-order valence-electron chi connectivity index (χ2n) is 3.57. The Kier molecular flexibility index (Phi) is 5.22. The molecule has 3 N–H and O–H groups in total. The molecule has 0 spiro atoms. The molecule has 84 valence electrons. The maximum atomic E-state index is 13.2. The predicted molar refractivity (Wildman–Crippen MR) is 64.1 cm³/mol. The van der Waals surface area contributed by atoms with Crippen molar-refractivity contribution in [1.82, 2.24) is 5.32 Å². The van der Waals surface area contributed by atoms with Gasteiger partial charge in [0.2, 0.25) is 0 Å². The van der Waals surface area contributed by atoms with E-state index in [-0.39, 0.29) is 5.82 Å².